The summed E-state index contributed by atoms with van der Waals surface area (Å²) in [7, 11) is -3.06. The molecule has 0 aliphatic carbocycles. The molecule has 5 nitrogen and oxygen atoms in total. The second-order valence-electron chi connectivity index (χ2n) is 3.06. The molecule has 0 radical (unpaired) electrons. The van der Waals surface area contributed by atoms with Gasteiger partial charge in [0.1, 0.15) is 0 Å². The third kappa shape index (κ3) is 2.82. The highest BCUT2D eigenvalue weighted by molar-refractivity contribution is 7.94. The lowest BCUT2D eigenvalue weighted by molar-refractivity contribution is -0.119. The van der Waals surface area contributed by atoms with Crippen LogP contribution >= 0.6 is 0 Å². The zero-order chi connectivity index (χ0) is 10.1. The van der Waals surface area contributed by atoms with Crippen molar-refractivity contribution in [2.75, 3.05) is 5.75 Å². The fourth-order valence-corrected chi connectivity index (χ4v) is 2.33. The number of nitrogens with two attached hydrogens (primary N) is 1. The van der Waals surface area contributed by atoms with E-state index in [1.54, 1.807) is 6.92 Å². The van der Waals surface area contributed by atoms with Crippen molar-refractivity contribution in [3.05, 3.63) is 11.5 Å². The predicted molar refractivity (Wildman–Crippen MR) is 48.5 cm³/mol. The Kier molecular flexibility index (Phi) is 2.72. The van der Waals surface area contributed by atoms with Gasteiger partial charge in [0.15, 0.2) is 9.84 Å². The van der Waals surface area contributed by atoms with Crippen molar-refractivity contribution in [2.45, 2.75) is 19.0 Å². The Morgan fingerprint density at radius 3 is 2.69 bits per heavy atom. The van der Waals surface area contributed by atoms with E-state index in [1.165, 1.54) is 6.08 Å². The summed E-state index contributed by atoms with van der Waals surface area (Å²) in [6.07, 6.45) is 1.52. The third-order valence-corrected chi connectivity index (χ3v) is 3.22. The molecule has 2 atom stereocenters. The van der Waals surface area contributed by atoms with E-state index in [0.717, 1.165) is 5.41 Å². The first-order valence-corrected chi connectivity index (χ1v) is 5.58. The lowest BCUT2D eigenvalue weighted by atomic mass is 10.2. The first-order valence-electron chi connectivity index (χ1n) is 3.87. The maximum absolute atomic E-state index is 10.9. The molecule has 1 rings (SSSR count). The van der Waals surface area contributed by atoms with E-state index in [4.69, 9.17) is 5.73 Å². The van der Waals surface area contributed by atoms with Gasteiger partial charge in [-0.2, -0.15) is 0 Å². The summed E-state index contributed by atoms with van der Waals surface area (Å²) in [6.45, 7) is 1.60. The van der Waals surface area contributed by atoms with Crippen molar-refractivity contribution in [3.63, 3.8) is 0 Å². The lowest BCUT2D eigenvalue weighted by Gasteiger charge is -2.13. The Labute approximate surface area is 76.9 Å². The summed E-state index contributed by atoms with van der Waals surface area (Å²) in [5.41, 5.74) is 5.01. The molecule has 0 spiro atoms. The number of nitrogens with one attached hydrogen (secondary N) is 1. The van der Waals surface area contributed by atoms with Gasteiger partial charge in [0, 0.05) is 11.4 Å². The van der Waals surface area contributed by atoms with E-state index in [1.807, 2.05) is 0 Å². The van der Waals surface area contributed by atoms with E-state index in [9.17, 15) is 13.2 Å². The van der Waals surface area contributed by atoms with Crippen molar-refractivity contribution in [1.82, 2.24) is 5.32 Å². The highest BCUT2D eigenvalue weighted by Crippen LogP contribution is 2.08. The number of sulfone groups is 1. The monoisotopic (exact) mass is 204 g/mol. The molecule has 13 heavy (non-hydrogen) atoms. The van der Waals surface area contributed by atoms with E-state index in [2.05, 4.69) is 5.32 Å². The van der Waals surface area contributed by atoms with Crippen LogP contribution in [0, 0.1) is 0 Å². The highest BCUT2D eigenvalue weighted by atomic mass is 32.2. The second kappa shape index (κ2) is 3.47. The second-order valence-corrected chi connectivity index (χ2v) is 4.99. The molecule has 2 unspecified atom stereocenters. The number of rotatable bonds is 3. The van der Waals surface area contributed by atoms with Crippen molar-refractivity contribution in [3.8, 4) is 0 Å². The minimum atomic E-state index is -3.06. The first-order chi connectivity index (χ1) is 5.91. The SMILES string of the molecule is CC(NC1C=CS(=O)(=O)C1)C(N)=O. The summed E-state index contributed by atoms with van der Waals surface area (Å²) in [5, 5.41) is 3.94. The van der Waals surface area contributed by atoms with Crippen LogP contribution in [0.2, 0.25) is 0 Å². The van der Waals surface area contributed by atoms with Gasteiger partial charge in [0.05, 0.1) is 11.8 Å². The zero-order valence-electron chi connectivity index (χ0n) is 7.23. The molecule has 0 saturated heterocycles. The van der Waals surface area contributed by atoms with Gasteiger partial charge in [-0.3, -0.25) is 10.1 Å². The van der Waals surface area contributed by atoms with Gasteiger partial charge in [-0.1, -0.05) is 6.08 Å². The van der Waals surface area contributed by atoms with Crippen LogP contribution < -0.4 is 11.1 Å². The summed E-state index contributed by atoms with van der Waals surface area (Å²) >= 11 is 0. The number of amides is 1. The molecule has 0 fully saturated rings. The van der Waals surface area contributed by atoms with Gasteiger partial charge in [0.2, 0.25) is 5.91 Å². The Bertz CT molecular complexity index is 334. The fourth-order valence-electron chi connectivity index (χ4n) is 1.08. The normalized spacial score (nSPS) is 27.3. The van der Waals surface area contributed by atoms with Crippen molar-refractivity contribution < 1.29 is 13.2 Å². The largest absolute Gasteiger partial charge is 0.368 e. The minimum absolute atomic E-state index is 0.00458. The van der Waals surface area contributed by atoms with E-state index in [-0.39, 0.29) is 11.8 Å². The standard InChI is InChI=1S/C7H12N2O3S/c1-5(7(8)10)9-6-2-3-13(11,12)4-6/h2-3,5-6,9H,4H2,1H3,(H2,8,10). The smallest absolute Gasteiger partial charge is 0.234 e. The first kappa shape index (κ1) is 10.2. The Balaban J connectivity index is 2.51. The quantitative estimate of drug-likeness (QED) is 0.601. The molecule has 3 N–H and O–H groups in total. The molecular formula is C7H12N2O3S. The topological polar surface area (TPSA) is 89.3 Å². The van der Waals surface area contributed by atoms with E-state index < -0.39 is 21.8 Å². The van der Waals surface area contributed by atoms with Crippen LogP contribution in [0.4, 0.5) is 0 Å². The van der Waals surface area contributed by atoms with Crippen molar-refractivity contribution in [1.29, 1.82) is 0 Å². The molecular weight excluding hydrogens is 192 g/mol. The van der Waals surface area contributed by atoms with Gasteiger partial charge in [0.25, 0.3) is 0 Å². The van der Waals surface area contributed by atoms with Gasteiger partial charge >= 0.3 is 0 Å². The predicted octanol–water partition coefficient (Wildman–Crippen LogP) is -1.24. The summed E-state index contributed by atoms with van der Waals surface area (Å²) in [5.74, 6) is -0.484. The average molecular weight is 204 g/mol. The summed E-state index contributed by atoms with van der Waals surface area (Å²) in [4.78, 5) is 10.6. The Morgan fingerprint density at radius 1 is 1.69 bits per heavy atom. The number of carbonyl (C=O) groups is 1. The number of hydrogen-bond acceptors (Lipinski definition) is 4. The maximum atomic E-state index is 10.9. The molecule has 0 aromatic heterocycles. The minimum Gasteiger partial charge on any atom is -0.368 e. The zero-order valence-corrected chi connectivity index (χ0v) is 8.04. The molecule has 1 amide bonds. The van der Waals surface area contributed by atoms with Crippen LogP contribution in [-0.4, -0.2) is 32.2 Å². The third-order valence-electron chi connectivity index (χ3n) is 1.82. The van der Waals surface area contributed by atoms with Gasteiger partial charge in [-0.15, -0.1) is 0 Å². The molecule has 1 aliphatic rings. The fraction of sp³-hybridized carbons (Fsp3) is 0.571. The molecule has 74 valence electrons. The van der Waals surface area contributed by atoms with E-state index in [0.29, 0.717) is 0 Å². The lowest BCUT2D eigenvalue weighted by Crippen LogP contribution is -2.44. The molecule has 6 heteroatoms. The van der Waals surface area contributed by atoms with Crippen molar-refractivity contribution >= 4 is 15.7 Å². The molecule has 1 heterocycles. The van der Waals surface area contributed by atoms with Gasteiger partial charge in [-0.05, 0) is 6.92 Å². The van der Waals surface area contributed by atoms with Crippen LogP contribution in [-0.2, 0) is 14.6 Å². The molecule has 0 aromatic carbocycles. The van der Waals surface area contributed by atoms with Gasteiger partial charge in [-0.25, -0.2) is 8.42 Å². The number of carbonyl (C=O) groups excluding carboxylic acids is 1. The Hall–Kier alpha value is -0.880. The summed E-state index contributed by atoms with van der Waals surface area (Å²) < 4.78 is 21.9. The van der Waals surface area contributed by atoms with Crippen LogP contribution in [0.25, 0.3) is 0 Å². The van der Waals surface area contributed by atoms with E-state index >= 15 is 0 Å². The molecule has 0 aromatic rings. The number of hydrogen-bond donors (Lipinski definition) is 2. The van der Waals surface area contributed by atoms with Crippen LogP contribution in [0.5, 0.6) is 0 Å². The Morgan fingerprint density at radius 2 is 2.31 bits per heavy atom. The van der Waals surface area contributed by atoms with Gasteiger partial charge < -0.3 is 5.73 Å². The van der Waals surface area contributed by atoms with Crippen molar-refractivity contribution in [2.24, 2.45) is 5.73 Å². The number of primary amides is 1. The molecule has 0 saturated carbocycles. The van der Waals surface area contributed by atoms with Crippen LogP contribution in [0.1, 0.15) is 6.92 Å². The molecule has 1 aliphatic heterocycles. The maximum Gasteiger partial charge on any atom is 0.234 e. The van der Waals surface area contributed by atoms with Crippen LogP contribution in [0.3, 0.4) is 0 Å². The van der Waals surface area contributed by atoms with Crippen LogP contribution in [0.15, 0.2) is 11.5 Å². The average Bonchev–Trinajstić information content (AvgIpc) is 2.30. The summed E-state index contributed by atoms with van der Waals surface area (Å²) in [6, 6.07) is -0.810. The highest BCUT2D eigenvalue weighted by Gasteiger charge is 2.23. The molecule has 0 bridgehead atoms.